The Labute approximate surface area is 92.4 Å². The van der Waals surface area contributed by atoms with Crippen molar-refractivity contribution in [2.75, 3.05) is 6.61 Å². The van der Waals surface area contributed by atoms with Crippen LogP contribution in [0.4, 0.5) is 0 Å². The third kappa shape index (κ3) is 1.98. The van der Waals surface area contributed by atoms with Gasteiger partial charge in [0.25, 0.3) is 5.56 Å². The molecular formula is C12H13NO3. The molecule has 0 radical (unpaired) electrons. The van der Waals surface area contributed by atoms with Gasteiger partial charge in [-0.15, -0.1) is 0 Å². The van der Waals surface area contributed by atoms with Crippen LogP contribution in [0.15, 0.2) is 41.2 Å². The van der Waals surface area contributed by atoms with E-state index in [0.717, 1.165) is 10.9 Å². The molecule has 0 aliphatic carbocycles. The molecule has 4 heteroatoms. The number of rotatable bonds is 3. The molecule has 84 valence electrons. The van der Waals surface area contributed by atoms with Gasteiger partial charge in [0, 0.05) is 6.07 Å². The van der Waals surface area contributed by atoms with Crippen molar-refractivity contribution >= 4 is 10.9 Å². The molecule has 0 fully saturated rings. The summed E-state index contributed by atoms with van der Waals surface area (Å²) in [6.45, 7) is -0.244. The Kier molecular flexibility index (Phi) is 3.03. The lowest BCUT2D eigenvalue weighted by atomic mass is 10.2. The Balaban J connectivity index is 2.57. The van der Waals surface area contributed by atoms with E-state index in [0.29, 0.717) is 0 Å². The van der Waals surface area contributed by atoms with Crippen LogP contribution in [0.1, 0.15) is 0 Å². The maximum Gasteiger partial charge on any atom is 0.251 e. The van der Waals surface area contributed by atoms with Gasteiger partial charge in [-0.25, -0.2) is 0 Å². The molecule has 1 unspecified atom stereocenters. The SMILES string of the molecule is O=c1ccc2ccccc2n1CC(O)CO. The molecule has 0 spiro atoms. The summed E-state index contributed by atoms with van der Waals surface area (Å²) >= 11 is 0. The van der Waals surface area contributed by atoms with E-state index in [4.69, 9.17) is 5.11 Å². The molecule has 0 bridgehead atoms. The van der Waals surface area contributed by atoms with Crippen LogP contribution < -0.4 is 5.56 Å². The number of benzene rings is 1. The van der Waals surface area contributed by atoms with E-state index in [1.807, 2.05) is 24.3 Å². The van der Waals surface area contributed by atoms with Gasteiger partial charge in [0.1, 0.15) is 0 Å². The highest BCUT2D eigenvalue weighted by Crippen LogP contribution is 2.11. The quantitative estimate of drug-likeness (QED) is 0.783. The molecule has 0 saturated carbocycles. The summed E-state index contributed by atoms with van der Waals surface area (Å²) in [7, 11) is 0. The molecule has 2 rings (SSSR count). The van der Waals surface area contributed by atoms with Crippen molar-refractivity contribution in [2.24, 2.45) is 0 Å². The molecular weight excluding hydrogens is 206 g/mol. The van der Waals surface area contributed by atoms with E-state index in [-0.39, 0.29) is 18.7 Å². The minimum Gasteiger partial charge on any atom is -0.394 e. The summed E-state index contributed by atoms with van der Waals surface area (Å²) in [5.74, 6) is 0. The minimum atomic E-state index is -0.913. The second kappa shape index (κ2) is 4.47. The molecule has 1 aromatic heterocycles. The van der Waals surface area contributed by atoms with Gasteiger partial charge in [0.2, 0.25) is 0 Å². The molecule has 1 aromatic carbocycles. The molecule has 0 aliphatic heterocycles. The van der Waals surface area contributed by atoms with E-state index in [9.17, 15) is 9.90 Å². The molecule has 2 N–H and O–H groups in total. The molecule has 0 aliphatic rings. The number of aliphatic hydroxyl groups is 2. The first-order valence-corrected chi connectivity index (χ1v) is 5.10. The van der Waals surface area contributed by atoms with Crippen LogP contribution in [-0.2, 0) is 6.54 Å². The number of fused-ring (bicyclic) bond motifs is 1. The predicted octanol–water partition coefficient (Wildman–Crippen LogP) is 0.355. The van der Waals surface area contributed by atoms with Crippen LogP contribution in [0.2, 0.25) is 0 Å². The van der Waals surface area contributed by atoms with Crippen LogP contribution in [-0.4, -0.2) is 27.5 Å². The summed E-state index contributed by atoms with van der Waals surface area (Å²) in [4.78, 5) is 11.7. The molecule has 4 nitrogen and oxygen atoms in total. The van der Waals surface area contributed by atoms with Gasteiger partial charge in [-0.05, 0) is 17.5 Å². The summed E-state index contributed by atoms with van der Waals surface area (Å²) in [6, 6.07) is 10.7. The molecule has 16 heavy (non-hydrogen) atoms. The maximum absolute atomic E-state index is 11.7. The lowest BCUT2D eigenvalue weighted by Crippen LogP contribution is -2.28. The van der Waals surface area contributed by atoms with Crippen LogP contribution in [0, 0.1) is 0 Å². The van der Waals surface area contributed by atoms with E-state index >= 15 is 0 Å². The Hall–Kier alpha value is -1.65. The fraction of sp³-hybridized carbons (Fsp3) is 0.250. The van der Waals surface area contributed by atoms with Crippen LogP contribution in [0.5, 0.6) is 0 Å². The summed E-state index contributed by atoms with van der Waals surface area (Å²) < 4.78 is 1.47. The largest absolute Gasteiger partial charge is 0.394 e. The topological polar surface area (TPSA) is 62.5 Å². The fourth-order valence-electron chi connectivity index (χ4n) is 1.70. The average Bonchev–Trinajstić information content (AvgIpc) is 2.32. The van der Waals surface area contributed by atoms with E-state index < -0.39 is 6.10 Å². The van der Waals surface area contributed by atoms with Gasteiger partial charge in [0.15, 0.2) is 0 Å². The normalized spacial score (nSPS) is 12.9. The summed E-state index contributed by atoms with van der Waals surface area (Å²) in [5, 5.41) is 19.1. The number of nitrogens with zero attached hydrogens (tertiary/aromatic N) is 1. The first-order chi connectivity index (χ1) is 7.72. The van der Waals surface area contributed by atoms with Crippen molar-refractivity contribution in [3.8, 4) is 0 Å². The number of para-hydroxylation sites is 1. The van der Waals surface area contributed by atoms with Crippen molar-refractivity contribution in [1.29, 1.82) is 0 Å². The monoisotopic (exact) mass is 219 g/mol. The summed E-state index contributed by atoms with van der Waals surface area (Å²) in [5.41, 5.74) is 0.591. The number of hydrogen-bond acceptors (Lipinski definition) is 3. The van der Waals surface area contributed by atoms with E-state index in [2.05, 4.69) is 0 Å². The van der Waals surface area contributed by atoms with Gasteiger partial charge >= 0.3 is 0 Å². The van der Waals surface area contributed by atoms with Crippen molar-refractivity contribution in [1.82, 2.24) is 4.57 Å². The molecule has 1 heterocycles. The van der Waals surface area contributed by atoms with Crippen LogP contribution >= 0.6 is 0 Å². The number of hydrogen-bond donors (Lipinski definition) is 2. The third-order valence-corrected chi connectivity index (χ3v) is 2.50. The molecule has 0 amide bonds. The number of pyridine rings is 1. The summed E-state index contributed by atoms with van der Waals surface area (Å²) in [6.07, 6.45) is -0.913. The zero-order valence-corrected chi connectivity index (χ0v) is 8.71. The number of aliphatic hydroxyl groups excluding tert-OH is 2. The highest BCUT2D eigenvalue weighted by atomic mass is 16.3. The minimum absolute atomic E-state index is 0.108. The van der Waals surface area contributed by atoms with Gasteiger partial charge in [-0.1, -0.05) is 18.2 Å². The first-order valence-electron chi connectivity index (χ1n) is 5.10. The van der Waals surface area contributed by atoms with Crippen LogP contribution in [0.25, 0.3) is 10.9 Å². The Morgan fingerprint density at radius 3 is 2.69 bits per heavy atom. The second-order valence-electron chi connectivity index (χ2n) is 3.68. The average molecular weight is 219 g/mol. The van der Waals surface area contributed by atoms with Crippen molar-refractivity contribution in [3.05, 3.63) is 46.8 Å². The first kappa shape index (κ1) is 10.9. The van der Waals surface area contributed by atoms with Gasteiger partial charge in [0.05, 0.1) is 24.8 Å². The molecule has 2 aromatic rings. The smallest absolute Gasteiger partial charge is 0.251 e. The fourth-order valence-corrected chi connectivity index (χ4v) is 1.70. The Morgan fingerprint density at radius 2 is 1.94 bits per heavy atom. The van der Waals surface area contributed by atoms with Gasteiger partial charge in [-0.3, -0.25) is 4.79 Å². The second-order valence-corrected chi connectivity index (χ2v) is 3.68. The zero-order valence-electron chi connectivity index (χ0n) is 8.71. The highest BCUT2D eigenvalue weighted by Gasteiger charge is 2.07. The number of aromatic nitrogens is 1. The Morgan fingerprint density at radius 1 is 1.19 bits per heavy atom. The predicted molar refractivity (Wildman–Crippen MR) is 61.3 cm³/mol. The lowest BCUT2D eigenvalue weighted by Gasteiger charge is -2.12. The highest BCUT2D eigenvalue weighted by molar-refractivity contribution is 5.78. The van der Waals surface area contributed by atoms with Gasteiger partial charge in [-0.2, -0.15) is 0 Å². The third-order valence-electron chi connectivity index (χ3n) is 2.50. The Bertz CT molecular complexity index is 547. The molecule has 0 saturated heterocycles. The van der Waals surface area contributed by atoms with E-state index in [1.165, 1.54) is 10.6 Å². The van der Waals surface area contributed by atoms with E-state index in [1.54, 1.807) is 6.07 Å². The van der Waals surface area contributed by atoms with Crippen molar-refractivity contribution in [3.63, 3.8) is 0 Å². The van der Waals surface area contributed by atoms with Crippen LogP contribution in [0.3, 0.4) is 0 Å². The standard InChI is InChI=1S/C12H13NO3/c14-8-10(15)7-13-11-4-2-1-3-9(11)5-6-12(13)16/h1-6,10,14-15H,7-8H2. The van der Waals surface area contributed by atoms with Gasteiger partial charge < -0.3 is 14.8 Å². The maximum atomic E-state index is 11.7. The van der Waals surface area contributed by atoms with Crippen molar-refractivity contribution in [2.45, 2.75) is 12.6 Å². The van der Waals surface area contributed by atoms with Crippen molar-refractivity contribution < 1.29 is 10.2 Å². The molecule has 1 atom stereocenters. The lowest BCUT2D eigenvalue weighted by molar-refractivity contribution is 0.0814. The zero-order chi connectivity index (χ0) is 11.5.